The molecule has 1 aromatic heterocycles. The number of nitrogens with one attached hydrogen (secondary N) is 3. The Morgan fingerprint density at radius 1 is 0.931 bits per heavy atom. The van der Waals surface area contributed by atoms with E-state index in [4.69, 9.17) is 4.74 Å². The van der Waals surface area contributed by atoms with Crippen LogP contribution in [0.15, 0.2) is 72.8 Å². The van der Waals surface area contributed by atoms with Crippen LogP contribution in [0.25, 0.3) is 22.2 Å². The number of aromatic nitrogens is 1. The predicted molar refractivity (Wildman–Crippen MR) is 119 cm³/mol. The largest absolute Gasteiger partial charge is 0.497 e. The van der Waals surface area contributed by atoms with Gasteiger partial charge in [-0.25, -0.2) is 4.79 Å². The van der Waals surface area contributed by atoms with E-state index in [1.807, 2.05) is 36.4 Å². The van der Waals surface area contributed by atoms with E-state index in [1.165, 1.54) is 5.56 Å². The van der Waals surface area contributed by atoms with Crippen LogP contribution in [0.4, 0.5) is 16.2 Å². The van der Waals surface area contributed by atoms with Crippen LogP contribution < -0.4 is 15.4 Å². The molecule has 0 aliphatic carbocycles. The normalized spacial score (nSPS) is 10.7. The van der Waals surface area contributed by atoms with Gasteiger partial charge in [-0.2, -0.15) is 0 Å². The fraction of sp³-hybridized carbons (Fsp3) is 0.125. The molecule has 0 aliphatic rings. The summed E-state index contributed by atoms with van der Waals surface area (Å²) in [6.45, 7) is 2.13. The van der Waals surface area contributed by atoms with Crippen LogP contribution >= 0.6 is 0 Å². The van der Waals surface area contributed by atoms with Gasteiger partial charge in [-0.3, -0.25) is 0 Å². The van der Waals surface area contributed by atoms with Crippen molar-refractivity contribution in [3.8, 4) is 17.0 Å². The molecule has 0 bridgehead atoms. The van der Waals surface area contributed by atoms with Crippen molar-refractivity contribution in [2.45, 2.75) is 13.3 Å². The lowest BCUT2D eigenvalue weighted by Crippen LogP contribution is -2.19. The number of aromatic amines is 1. The van der Waals surface area contributed by atoms with Crippen LogP contribution in [0.2, 0.25) is 0 Å². The lowest BCUT2D eigenvalue weighted by molar-refractivity contribution is 0.262. The molecule has 29 heavy (non-hydrogen) atoms. The highest BCUT2D eigenvalue weighted by atomic mass is 16.5. The molecule has 0 radical (unpaired) electrons. The summed E-state index contributed by atoms with van der Waals surface area (Å²) in [6.07, 6.45) is 0.988. The number of rotatable bonds is 5. The Labute approximate surface area is 169 Å². The first-order valence-electron chi connectivity index (χ1n) is 9.60. The third-order valence-electron chi connectivity index (χ3n) is 4.94. The van der Waals surface area contributed by atoms with Crippen molar-refractivity contribution < 1.29 is 9.53 Å². The van der Waals surface area contributed by atoms with Gasteiger partial charge in [0.2, 0.25) is 0 Å². The van der Waals surface area contributed by atoms with Crippen LogP contribution in [0.5, 0.6) is 5.75 Å². The molecule has 0 fully saturated rings. The molecule has 0 atom stereocenters. The summed E-state index contributed by atoms with van der Waals surface area (Å²) in [4.78, 5) is 16.1. The summed E-state index contributed by atoms with van der Waals surface area (Å²) in [6, 6.07) is 23.3. The number of para-hydroxylation sites is 1. The number of carbonyl (C=O) groups is 1. The van der Waals surface area contributed by atoms with Gasteiger partial charge < -0.3 is 20.4 Å². The van der Waals surface area contributed by atoms with Crippen LogP contribution in [0.1, 0.15) is 12.5 Å². The van der Waals surface area contributed by atoms with Gasteiger partial charge in [-0.1, -0.05) is 49.4 Å². The van der Waals surface area contributed by atoms with Gasteiger partial charge in [0.05, 0.1) is 18.5 Å². The van der Waals surface area contributed by atoms with Crippen LogP contribution in [-0.2, 0) is 6.42 Å². The lowest BCUT2D eigenvalue weighted by Gasteiger charge is -2.10. The number of amides is 2. The SMILES string of the molecule is CCc1ccc(-c2[nH]c3ccccc3c2NC(=O)Nc2ccc(OC)cc2)cc1. The highest BCUT2D eigenvalue weighted by Crippen LogP contribution is 2.35. The van der Waals surface area contributed by atoms with E-state index < -0.39 is 0 Å². The Bertz CT molecular complexity index is 1130. The summed E-state index contributed by atoms with van der Waals surface area (Å²) < 4.78 is 5.16. The quantitative estimate of drug-likeness (QED) is 0.391. The second-order valence-corrected chi connectivity index (χ2v) is 6.78. The first kappa shape index (κ1) is 18.6. The maximum Gasteiger partial charge on any atom is 0.323 e. The third kappa shape index (κ3) is 3.94. The lowest BCUT2D eigenvalue weighted by atomic mass is 10.1. The minimum atomic E-state index is -0.300. The van der Waals surface area contributed by atoms with Crippen LogP contribution in [-0.4, -0.2) is 18.1 Å². The number of carbonyl (C=O) groups excluding carboxylic acids is 1. The first-order valence-corrected chi connectivity index (χ1v) is 9.60. The van der Waals surface area contributed by atoms with E-state index in [2.05, 4.69) is 46.8 Å². The zero-order valence-corrected chi connectivity index (χ0v) is 16.5. The van der Waals surface area contributed by atoms with E-state index >= 15 is 0 Å². The molecule has 0 spiro atoms. The molecule has 3 N–H and O–H groups in total. The monoisotopic (exact) mass is 385 g/mol. The summed E-state index contributed by atoms with van der Waals surface area (Å²) in [5.41, 5.74) is 5.61. The second-order valence-electron chi connectivity index (χ2n) is 6.78. The minimum Gasteiger partial charge on any atom is -0.497 e. The molecule has 146 valence electrons. The fourth-order valence-corrected chi connectivity index (χ4v) is 3.35. The first-order chi connectivity index (χ1) is 14.2. The van der Waals surface area contributed by atoms with Gasteiger partial charge >= 0.3 is 6.03 Å². The van der Waals surface area contributed by atoms with Gasteiger partial charge in [0.15, 0.2) is 0 Å². The molecule has 0 aliphatic heterocycles. The molecule has 5 nitrogen and oxygen atoms in total. The number of hydrogen-bond acceptors (Lipinski definition) is 2. The number of H-pyrrole nitrogens is 1. The van der Waals surface area contributed by atoms with Gasteiger partial charge in [0.25, 0.3) is 0 Å². The number of anilines is 2. The van der Waals surface area contributed by atoms with Crippen molar-refractivity contribution in [2.75, 3.05) is 17.7 Å². The molecule has 5 heteroatoms. The molecular formula is C24H23N3O2. The Kier molecular flexibility index (Phi) is 5.20. The number of urea groups is 1. The maximum atomic E-state index is 12.7. The van der Waals surface area contributed by atoms with Crippen molar-refractivity contribution in [2.24, 2.45) is 0 Å². The van der Waals surface area contributed by atoms with E-state index in [1.54, 1.807) is 19.2 Å². The van der Waals surface area contributed by atoms with Gasteiger partial charge in [-0.05, 0) is 42.3 Å². The fourth-order valence-electron chi connectivity index (χ4n) is 3.35. The van der Waals surface area contributed by atoms with E-state index in [-0.39, 0.29) is 6.03 Å². The van der Waals surface area contributed by atoms with Crippen molar-refractivity contribution in [1.29, 1.82) is 0 Å². The summed E-state index contributed by atoms with van der Waals surface area (Å²) in [7, 11) is 1.61. The van der Waals surface area contributed by atoms with Gasteiger partial charge in [0.1, 0.15) is 5.75 Å². The summed E-state index contributed by atoms with van der Waals surface area (Å²) in [5, 5.41) is 6.86. The highest BCUT2D eigenvalue weighted by molar-refractivity contribution is 6.10. The number of hydrogen-bond donors (Lipinski definition) is 3. The van der Waals surface area contributed by atoms with Crippen molar-refractivity contribution >= 4 is 28.3 Å². The Morgan fingerprint density at radius 3 is 2.34 bits per heavy atom. The molecule has 4 rings (SSSR count). The highest BCUT2D eigenvalue weighted by Gasteiger charge is 2.15. The molecule has 0 saturated heterocycles. The molecular weight excluding hydrogens is 362 g/mol. The minimum absolute atomic E-state index is 0.300. The Balaban J connectivity index is 1.65. The number of aryl methyl sites for hydroxylation is 1. The molecule has 2 amide bonds. The average Bonchev–Trinajstić information content (AvgIpc) is 3.12. The molecule has 1 heterocycles. The van der Waals surface area contributed by atoms with Gasteiger partial charge in [0, 0.05) is 22.2 Å². The van der Waals surface area contributed by atoms with E-state index in [0.717, 1.165) is 40.0 Å². The smallest absolute Gasteiger partial charge is 0.323 e. The standard InChI is InChI=1S/C24H23N3O2/c1-3-16-8-10-17(11-9-16)22-23(20-6-4-5-7-21(20)26-22)27-24(28)25-18-12-14-19(29-2)15-13-18/h4-15,26H,3H2,1-2H3,(H2,25,27,28). The van der Waals surface area contributed by atoms with Crippen molar-refractivity contribution in [1.82, 2.24) is 4.98 Å². The van der Waals surface area contributed by atoms with Gasteiger partial charge in [-0.15, -0.1) is 0 Å². The molecule has 0 saturated carbocycles. The third-order valence-corrected chi connectivity index (χ3v) is 4.94. The molecule has 3 aromatic carbocycles. The van der Waals surface area contributed by atoms with E-state index in [9.17, 15) is 4.79 Å². The summed E-state index contributed by atoms with van der Waals surface area (Å²) in [5.74, 6) is 0.741. The predicted octanol–water partition coefficient (Wildman–Crippen LogP) is 6.05. The second kappa shape index (κ2) is 8.10. The number of methoxy groups -OCH3 is 1. The van der Waals surface area contributed by atoms with Crippen molar-refractivity contribution in [3.05, 3.63) is 78.4 Å². The number of benzene rings is 3. The van der Waals surface area contributed by atoms with Crippen molar-refractivity contribution in [3.63, 3.8) is 0 Å². The average molecular weight is 385 g/mol. The molecule has 0 unspecified atom stereocenters. The summed E-state index contributed by atoms with van der Waals surface area (Å²) >= 11 is 0. The Hall–Kier alpha value is -3.73. The van der Waals surface area contributed by atoms with Crippen LogP contribution in [0, 0.1) is 0 Å². The number of fused-ring (bicyclic) bond motifs is 1. The van der Waals surface area contributed by atoms with Crippen LogP contribution in [0.3, 0.4) is 0 Å². The molecule has 4 aromatic rings. The zero-order valence-electron chi connectivity index (χ0n) is 16.5. The maximum absolute atomic E-state index is 12.7. The number of ether oxygens (including phenoxy) is 1. The topological polar surface area (TPSA) is 66.2 Å². The Morgan fingerprint density at radius 2 is 1.66 bits per heavy atom. The van der Waals surface area contributed by atoms with E-state index in [0.29, 0.717) is 5.69 Å². The zero-order chi connectivity index (χ0) is 20.2.